The lowest BCUT2D eigenvalue weighted by molar-refractivity contribution is 0.216. The monoisotopic (exact) mass is 427 g/mol. The molecule has 1 N–H and O–H groups in total. The van der Waals surface area contributed by atoms with Crippen molar-refractivity contribution in [3.8, 4) is 11.6 Å². The van der Waals surface area contributed by atoms with E-state index in [0.29, 0.717) is 30.3 Å². The van der Waals surface area contributed by atoms with Crippen molar-refractivity contribution >= 4 is 0 Å². The highest BCUT2D eigenvalue weighted by Crippen LogP contribution is 2.53. The summed E-state index contributed by atoms with van der Waals surface area (Å²) in [6.45, 7) is 8.34. The third kappa shape index (κ3) is 6.39. The van der Waals surface area contributed by atoms with Crippen molar-refractivity contribution in [3.63, 3.8) is 0 Å². The van der Waals surface area contributed by atoms with Crippen LogP contribution in [0.1, 0.15) is 81.8 Å². The number of ether oxygens (including phenoxy) is 2. The van der Waals surface area contributed by atoms with Crippen molar-refractivity contribution in [1.82, 2.24) is 15.0 Å². The number of nitrogens with zero attached hydrogens (tertiary/aromatic N) is 3. The van der Waals surface area contributed by atoms with Gasteiger partial charge in [0.05, 0.1) is 19.9 Å². The molecule has 31 heavy (non-hydrogen) atoms. The Balaban J connectivity index is 0.000000628. The molecule has 2 saturated carbocycles. The minimum absolute atomic E-state index is 0.167. The Labute approximate surface area is 186 Å². The quantitative estimate of drug-likeness (QED) is 0.695. The number of aryl methyl sites for hydroxylation is 1. The second-order valence-corrected chi connectivity index (χ2v) is 9.09. The van der Waals surface area contributed by atoms with Gasteiger partial charge in [0.25, 0.3) is 0 Å². The third-order valence-corrected chi connectivity index (χ3v) is 6.26. The fourth-order valence-electron chi connectivity index (χ4n) is 4.44. The van der Waals surface area contributed by atoms with Crippen LogP contribution in [-0.2, 0) is 0 Å². The van der Waals surface area contributed by atoms with Gasteiger partial charge in [0, 0.05) is 35.4 Å². The summed E-state index contributed by atoms with van der Waals surface area (Å²) in [5.41, 5.74) is 2.33. The average molecular weight is 428 g/mol. The van der Waals surface area contributed by atoms with E-state index in [0.717, 1.165) is 23.1 Å². The van der Waals surface area contributed by atoms with Crippen LogP contribution in [0.3, 0.4) is 0 Å². The molecule has 0 aromatic carbocycles. The molecule has 3 unspecified atom stereocenters. The number of hydrogen-bond acceptors (Lipinski definition) is 6. The zero-order chi connectivity index (χ0) is 22.4. The molecule has 2 fully saturated rings. The lowest BCUT2D eigenvalue weighted by Gasteiger charge is -2.23. The molecule has 6 heteroatoms. The van der Waals surface area contributed by atoms with Gasteiger partial charge in [-0.2, -0.15) is 4.98 Å². The molecule has 6 nitrogen and oxygen atoms in total. The summed E-state index contributed by atoms with van der Waals surface area (Å²) < 4.78 is 11.5. The molecule has 0 aliphatic heterocycles. The minimum Gasteiger partial charge on any atom is -0.495 e. The maximum absolute atomic E-state index is 8.06. The predicted octanol–water partition coefficient (Wildman–Crippen LogP) is 5.05. The van der Waals surface area contributed by atoms with Crippen molar-refractivity contribution in [2.75, 3.05) is 13.7 Å². The van der Waals surface area contributed by atoms with E-state index in [1.165, 1.54) is 37.7 Å². The fourth-order valence-corrected chi connectivity index (χ4v) is 4.44. The highest BCUT2D eigenvalue weighted by Gasteiger charge is 2.49. The van der Waals surface area contributed by atoms with Crippen LogP contribution in [-0.4, -0.2) is 39.9 Å². The van der Waals surface area contributed by atoms with E-state index in [4.69, 9.17) is 14.6 Å². The molecular formula is C25H37N3O3. The van der Waals surface area contributed by atoms with Crippen molar-refractivity contribution in [2.24, 2.45) is 11.8 Å². The van der Waals surface area contributed by atoms with Gasteiger partial charge in [-0.1, -0.05) is 26.2 Å². The summed E-state index contributed by atoms with van der Waals surface area (Å²) in [6, 6.07) is 4.06. The number of methoxy groups -OCH3 is 1. The van der Waals surface area contributed by atoms with E-state index in [1.807, 2.05) is 19.2 Å². The molecule has 2 aliphatic carbocycles. The van der Waals surface area contributed by atoms with Gasteiger partial charge in [-0.25, -0.2) is 4.98 Å². The lowest BCUT2D eigenvalue weighted by atomic mass is 9.85. The molecule has 0 spiro atoms. The minimum atomic E-state index is -0.167. The van der Waals surface area contributed by atoms with Crippen molar-refractivity contribution < 1.29 is 14.6 Å². The Hall–Kier alpha value is -2.21. The number of aromatic nitrogens is 3. The Bertz CT molecular complexity index is 817. The van der Waals surface area contributed by atoms with Crippen LogP contribution in [0.2, 0.25) is 0 Å². The van der Waals surface area contributed by atoms with Crippen LogP contribution < -0.4 is 9.47 Å². The number of aliphatic hydroxyl groups excluding tert-OH is 1. The van der Waals surface area contributed by atoms with Gasteiger partial charge < -0.3 is 14.6 Å². The fraction of sp³-hybridized carbons (Fsp3) is 0.640. The van der Waals surface area contributed by atoms with Crippen LogP contribution in [0, 0.1) is 18.8 Å². The number of hydrogen-bond donors (Lipinski definition) is 1. The van der Waals surface area contributed by atoms with Crippen molar-refractivity contribution in [1.29, 1.82) is 0 Å². The molecule has 4 rings (SSSR count). The molecule has 0 radical (unpaired) electrons. The molecular weight excluding hydrogens is 390 g/mol. The molecule has 0 bridgehead atoms. The zero-order valence-corrected chi connectivity index (χ0v) is 19.5. The van der Waals surface area contributed by atoms with Gasteiger partial charge in [-0.05, 0) is 57.6 Å². The van der Waals surface area contributed by atoms with Gasteiger partial charge in [-0.15, -0.1) is 0 Å². The second-order valence-electron chi connectivity index (χ2n) is 9.09. The molecule has 2 aromatic heterocycles. The van der Waals surface area contributed by atoms with Crippen LogP contribution in [0.15, 0.2) is 24.5 Å². The Kier molecular flexibility index (Phi) is 8.24. The summed E-state index contributed by atoms with van der Waals surface area (Å²) in [4.78, 5) is 13.6. The molecule has 0 amide bonds. The first-order valence-corrected chi connectivity index (χ1v) is 11.5. The molecule has 2 aromatic rings. The first-order chi connectivity index (χ1) is 14.9. The van der Waals surface area contributed by atoms with Gasteiger partial charge >= 0.3 is 0 Å². The number of pyridine rings is 1. The van der Waals surface area contributed by atoms with Gasteiger partial charge in [-0.3, -0.25) is 4.98 Å². The Morgan fingerprint density at radius 1 is 1.10 bits per heavy atom. The molecule has 3 atom stereocenters. The Morgan fingerprint density at radius 3 is 2.42 bits per heavy atom. The van der Waals surface area contributed by atoms with Crippen molar-refractivity contribution in [2.45, 2.75) is 77.7 Å². The van der Waals surface area contributed by atoms with Gasteiger partial charge in [0.15, 0.2) is 0 Å². The van der Waals surface area contributed by atoms with Crippen LogP contribution in [0.4, 0.5) is 0 Å². The predicted molar refractivity (Wildman–Crippen MR) is 122 cm³/mol. The number of rotatable bonds is 6. The highest BCUT2D eigenvalue weighted by atomic mass is 16.5. The summed E-state index contributed by atoms with van der Waals surface area (Å²) in [7, 11) is 1.67. The first-order valence-electron chi connectivity index (χ1n) is 11.5. The van der Waals surface area contributed by atoms with Gasteiger partial charge in [0.1, 0.15) is 11.6 Å². The average Bonchev–Trinajstić information content (AvgIpc) is 3.41. The zero-order valence-electron chi connectivity index (χ0n) is 19.5. The van der Waals surface area contributed by atoms with E-state index >= 15 is 0 Å². The van der Waals surface area contributed by atoms with Crippen LogP contribution >= 0.6 is 0 Å². The Morgan fingerprint density at radius 2 is 1.81 bits per heavy atom. The first kappa shape index (κ1) is 23.5. The molecule has 170 valence electrons. The molecule has 0 saturated heterocycles. The van der Waals surface area contributed by atoms with E-state index in [-0.39, 0.29) is 6.10 Å². The smallest absolute Gasteiger partial charge is 0.220 e. The largest absolute Gasteiger partial charge is 0.495 e. The van der Waals surface area contributed by atoms with E-state index in [2.05, 4.69) is 27.9 Å². The topological polar surface area (TPSA) is 77.4 Å². The van der Waals surface area contributed by atoms with E-state index in [9.17, 15) is 0 Å². The summed E-state index contributed by atoms with van der Waals surface area (Å²) in [5, 5.41) is 8.06. The van der Waals surface area contributed by atoms with Gasteiger partial charge in [0.2, 0.25) is 5.88 Å². The van der Waals surface area contributed by atoms with E-state index in [1.54, 1.807) is 27.2 Å². The summed E-state index contributed by atoms with van der Waals surface area (Å²) in [6.07, 6.45) is 10.0. The molecule has 2 heterocycles. The second kappa shape index (κ2) is 10.9. The SMILES string of the molecule is CC(C)O.COc1ccc(C2C(C)C2COc2nc(C)ncc2C2CCCCC2)nc1. The standard InChI is InChI=1S/C22H29N3O2.C3H8O/c1-14-19(21(14)20-10-9-17(26-3)11-24-20)13-27-22-18(12-23-15(2)25-22)16-7-5-4-6-8-16;1-3(2)4/h9-12,14,16,19,21H,4-8,13H2,1-3H3;3-4H,1-2H3. The third-order valence-electron chi connectivity index (χ3n) is 6.26. The normalized spacial score (nSPS) is 23.1. The number of aliphatic hydroxyl groups is 1. The summed E-state index contributed by atoms with van der Waals surface area (Å²) in [5.74, 6) is 4.44. The van der Waals surface area contributed by atoms with Crippen LogP contribution in [0.25, 0.3) is 0 Å². The van der Waals surface area contributed by atoms with E-state index < -0.39 is 0 Å². The highest BCUT2D eigenvalue weighted by molar-refractivity contribution is 5.30. The molecule has 2 aliphatic rings. The lowest BCUT2D eigenvalue weighted by Crippen LogP contribution is -2.12. The van der Waals surface area contributed by atoms with Crippen molar-refractivity contribution in [3.05, 3.63) is 41.6 Å². The maximum atomic E-state index is 8.06. The summed E-state index contributed by atoms with van der Waals surface area (Å²) >= 11 is 0. The maximum Gasteiger partial charge on any atom is 0.220 e. The van der Waals surface area contributed by atoms with Crippen LogP contribution in [0.5, 0.6) is 11.6 Å².